The van der Waals surface area contributed by atoms with E-state index in [2.05, 4.69) is 4.74 Å². The highest BCUT2D eigenvalue weighted by Crippen LogP contribution is 1.99. The highest BCUT2D eigenvalue weighted by Gasteiger charge is 1.99. The highest BCUT2D eigenvalue weighted by atomic mass is 16.4. The number of carbonyl (C=O) groups is 1. The predicted molar refractivity (Wildman–Crippen MR) is 57.1 cm³/mol. The fourth-order valence-corrected chi connectivity index (χ4v) is 0.934. The molecule has 0 radical (unpaired) electrons. The zero-order chi connectivity index (χ0) is 10.8. The molecule has 0 saturated carbocycles. The molecule has 1 aromatic carbocycles. The summed E-state index contributed by atoms with van der Waals surface area (Å²) in [6.45, 7) is 0. The Morgan fingerprint density at radius 3 is 2.29 bits per heavy atom. The Hall–Kier alpha value is -1.19. The van der Waals surface area contributed by atoms with Gasteiger partial charge in [-0.15, -0.1) is 0 Å². The van der Waals surface area contributed by atoms with Gasteiger partial charge in [-0.25, -0.2) is 0 Å². The van der Waals surface area contributed by atoms with Gasteiger partial charge < -0.3 is 15.3 Å². The minimum absolute atomic E-state index is 0.364. The van der Waals surface area contributed by atoms with Crippen LogP contribution in [-0.2, 0) is 16.0 Å². The van der Waals surface area contributed by atoms with Crippen LogP contribution in [0.4, 0.5) is 0 Å². The third-order valence-electron chi connectivity index (χ3n) is 1.49. The largest absolute Gasteiger partial charge is 0.388 e. The number of ether oxygens (including phenoxy) is 1. The van der Waals surface area contributed by atoms with E-state index in [0.717, 1.165) is 11.8 Å². The molecule has 78 valence electrons. The van der Waals surface area contributed by atoms with Crippen LogP contribution in [0.5, 0.6) is 0 Å². The van der Waals surface area contributed by atoms with Crippen molar-refractivity contribution in [3.8, 4) is 0 Å². The number of nitrogens with two attached hydrogens (primary N) is 1. The van der Waals surface area contributed by atoms with Crippen LogP contribution in [0, 0.1) is 0 Å². The van der Waals surface area contributed by atoms with Crippen molar-refractivity contribution in [1.29, 1.82) is 0 Å². The first-order valence-corrected chi connectivity index (χ1v) is 4.39. The smallest absolute Gasteiger partial charge is 0.137 e. The molecule has 0 aliphatic rings. The third-order valence-corrected chi connectivity index (χ3v) is 1.49. The molecule has 0 bridgehead atoms. The van der Waals surface area contributed by atoms with Gasteiger partial charge in [-0.05, 0) is 12.0 Å². The summed E-state index contributed by atoms with van der Waals surface area (Å²) in [5, 5.41) is 0. The van der Waals surface area contributed by atoms with Gasteiger partial charge in [-0.3, -0.25) is 0 Å². The van der Waals surface area contributed by atoms with E-state index in [0.29, 0.717) is 6.42 Å². The Kier molecular flexibility index (Phi) is 7.70. The number of benzene rings is 1. The summed E-state index contributed by atoms with van der Waals surface area (Å²) in [5.74, 6) is 0. The van der Waals surface area contributed by atoms with Crippen molar-refractivity contribution in [3.05, 3.63) is 35.9 Å². The maximum absolute atomic E-state index is 10.2. The topological polar surface area (TPSA) is 52.3 Å². The molecular weight excluding hydrogens is 178 g/mol. The molecule has 3 nitrogen and oxygen atoms in total. The van der Waals surface area contributed by atoms with E-state index < -0.39 is 0 Å². The average molecular weight is 195 g/mol. The Bertz CT molecular complexity index is 236. The van der Waals surface area contributed by atoms with Crippen molar-refractivity contribution < 1.29 is 9.53 Å². The van der Waals surface area contributed by atoms with Gasteiger partial charge in [0, 0.05) is 14.2 Å². The summed E-state index contributed by atoms with van der Waals surface area (Å²) < 4.78 is 4.25. The van der Waals surface area contributed by atoms with Gasteiger partial charge in [0.15, 0.2) is 0 Å². The summed E-state index contributed by atoms with van der Waals surface area (Å²) >= 11 is 0. The van der Waals surface area contributed by atoms with Gasteiger partial charge >= 0.3 is 0 Å². The lowest BCUT2D eigenvalue weighted by Crippen LogP contribution is -2.23. The molecule has 0 spiro atoms. The Labute approximate surface area is 84.9 Å². The number of methoxy groups -OCH3 is 1. The summed E-state index contributed by atoms with van der Waals surface area (Å²) in [7, 11) is 3.25. The molecular formula is C11H17NO2. The van der Waals surface area contributed by atoms with Gasteiger partial charge in [-0.1, -0.05) is 30.3 Å². The van der Waals surface area contributed by atoms with Gasteiger partial charge in [-0.2, -0.15) is 0 Å². The molecule has 3 heteroatoms. The van der Waals surface area contributed by atoms with Crippen LogP contribution in [0.1, 0.15) is 5.56 Å². The first-order chi connectivity index (χ1) is 6.74. The molecule has 0 saturated heterocycles. The maximum Gasteiger partial charge on any atom is 0.137 e. The number of carbonyl (C=O) groups excluding carboxylic acids is 1. The maximum atomic E-state index is 10.2. The van der Waals surface area contributed by atoms with E-state index in [4.69, 9.17) is 5.73 Å². The fourth-order valence-electron chi connectivity index (χ4n) is 0.934. The summed E-state index contributed by atoms with van der Waals surface area (Å²) in [4.78, 5) is 10.2. The molecule has 0 aliphatic carbocycles. The van der Waals surface area contributed by atoms with Crippen molar-refractivity contribution in [2.24, 2.45) is 5.73 Å². The van der Waals surface area contributed by atoms with Crippen molar-refractivity contribution in [2.75, 3.05) is 14.2 Å². The molecule has 0 aliphatic heterocycles. The second-order valence-electron chi connectivity index (χ2n) is 2.90. The molecule has 14 heavy (non-hydrogen) atoms. The van der Waals surface area contributed by atoms with Crippen LogP contribution in [0.25, 0.3) is 0 Å². The molecule has 1 aromatic rings. The second kappa shape index (κ2) is 8.41. The lowest BCUT2D eigenvalue weighted by atomic mass is 10.1. The zero-order valence-electron chi connectivity index (χ0n) is 8.64. The number of hydrogen-bond donors (Lipinski definition) is 1. The first kappa shape index (κ1) is 12.8. The van der Waals surface area contributed by atoms with Crippen molar-refractivity contribution >= 4 is 6.29 Å². The third kappa shape index (κ3) is 6.34. The lowest BCUT2D eigenvalue weighted by Gasteiger charge is -2.02. The predicted octanol–water partition coefficient (Wildman–Crippen LogP) is 1.02. The van der Waals surface area contributed by atoms with Crippen LogP contribution in [0.3, 0.4) is 0 Å². The highest BCUT2D eigenvalue weighted by molar-refractivity contribution is 5.57. The lowest BCUT2D eigenvalue weighted by molar-refractivity contribution is -0.108. The molecule has 1 unspecified atom stereocenters. The fraction of sp³-hybridized carbons (Fsp3) is 0.364. The van der Waals surface area contributed by atoms with Crippen LogP contribution >= 0.6 is 0 Å². The standard InChI is InChI=1S/C9H11NO.C2H6O/c10-9(7-11)6-8-4-2-1-3-5-8;1-3-2/h1-5,7,9H,6,10H2;1-2H3. The quantitative estimate of drug-likeness (QED) is 0.732. The molecule has 1 rings (SSSR count). The van der Waals surface area contributed by atoms with E-state index in [1.165, 1.54) is 0 Å². The first-order valence-electron chi connectivity index (χ1n) is 4.39. The van der Waals surface area contributed by atoms with Crippen LogP contribution in [-0.4, -0.2) is 26.5 Å². The second-order valence-corrected chi connectivity index (χ2v) is 2.90. The molecule has 2 N–H and O–H groups in total. The van der Waals surface area contributed by atoms with E-state index in [9.17, 15) is 4.79 Å². The summed E-state index contributed by atoms with van der Waals surface area (Å²) in [5.41, 5.74) is 6.54. The molecule has 0 aromatic heterocycles. The van der Waals surface area contributed by atoms with E-state index in [1.807, 2.05) is 30.3 Å². The van der Waals surface area contributed by atoms with E-state index in [-0.39, 0.29) is 6.04 Å². The van der Waals surface area contributed by atoms with E-state index >= 15 is 0 Å². The van der Waals surface area contributed by atoms with Crippen molar-refractivity contribution in [1.82, 2.24) is 0 Å². The zero-order valence-corrected chi connectivity index (χ0v) is 8.64. The SMILES string of the molecule is COC.NC(C=O)Cc1ccccc1. The minimum atomic E-state index is -0.364. The van der Waals surface area contributed by atoms with Gasteiger partial charge in [0.05, 0.1) is 6.04 Å². The van der Waals surface area contributed by atoms with Gasteiger partial charge in [0.2, 0.25) is 0 Å². The van der Waals surface area contributed by atoms with Crippen molar-refractivity contribution in [3.63, 3.8) is 0 Å². The molecule has 1 atom stereocenters. The Balaban J connectivity index is 0.000000500. The summed E-state index contributed by atoms with van der Waals surface area (Å²) in [6.07, 6.45) is 1.40. The number of aldehydes is 1. The Morgan fingerprint density at radius 2 is 1.86 bits per heavy atom. The van der Waals surface area contributed by atoms with Crippen molar-refractivity contribution in [2.45, 2.75) is 12.5 Å². The van der Waals surface area contributed by atoms with E-state index in [1.54, 1.807) is 14.2 Å². The molecule has 0 amide bonds. The van der Waals surface area contributed by atoms with Crippen LogP contribution in [0.15, 0.2) is 30.3 Å². The monoisotopic (exact) mass is 195 g/mol. The minimum Gasteiger partial charge on any atom is -0.388 e. The molecule has 0 fully saturated rings. The normalized spacial score (nSPS) is 11.1. The summed E-state index contributed by atoms with van der Waals surface area (Å²) in [6, 6.07) is 9.37. The van der Waals surface area contributed by atoms with Gasteiger partial charge in [0.25, 0.3) is 0 Å². The molecule has 0 heterocycles. The van der Waals surface area contributed by atoms with Gasteiger partial charge in [0.1, 0.15) is 6.29 Å². The van der Waals surface area contributed by atoms with Crippen LogP contribution in [0.2, 0.25) is 0 Å². The Morgan fingerprint density at radius 1 is 1.36 bits per heavy atom. The number of hydrogen-bond acceptors (Lipinski definition) is 3. The average Bonchev–Trinajstić information content (AvgIpc) is 2.20. The van der Waals surface area contributed by atoms with Crippen LogP contribution < -0.4 is 5.73 Å². The number of rotatable bonds is 3.